The second kappa shape index (κ2) is 10.4. The van der Waals surface area contributed by atoms with Crippen LogP contribution in [-0.2, 0) is 6.54 Å². The predicted molar refractivity (Wildman–Crippen MR) is 130 cm³/mol. The Labute approximate surface area is 204 Å². The van der Waals surface area contributed by atoms with E-state index in [0.29, 0.717) is 48.1 Å². The number of nitrogens with zero attached hydrogens (tertiary/aromatic N) is 4. The van der Waals surface area contributed by atoms with Crippen molar-refractivity contribution in [1.82, 2.24) is 19.6 Å². The zero-order valence-corrected chi connectivity index (χ0v) is 20.8. The summed E-state index contributed by atoms with van der Waals surface area (Å²) < 4.78 is 31.5. The first-order chi connectivity index (χ1) is 16.9. The van der Waals surface area contributed by atoms with E-state index in [4.69, 9.17) is 14.2 Å². The van der Waals surface area contributed by atoms with Gasteiger partial charge in [-0.1, -0.05) is 6.07 Å². The van der Waals surface area contributed by atoms with Gasteiger partial charge in [0.1, 0.15) is 5.82 Å². The third-order valence-electron chi connectivity index (χ3n) is 6.42. The number of hydrogen-bond donors (Lipinski definition) is 0. The van der Waals surface area contributed by atoms with E-state index in [-0.39, 0.29) is 11.7 Å². The summed E-state index contributed by atoms with van der Waals surface area (Å²) in [5.41, 5.74) is 3.73. The van der Waals surface area contributed by atoms with Gasteiger partial charge in [-0.15, -0.1) is 0 Å². The van der Waals surface area contributed by atoms with Crippen LogP contribution in [0.4, 0.5) is 4.39 Å². The molecule has 3 aromatic rings. The molecule has 186 valence electrons. The number of aryl methyl sites for hydroxylation is 1. The Kier molecular flexibility index (Phi) is 7.25. The van der Waals surface area contributed by atoms with Crippen LogP contribution in [0, 0.1) is 19.7 Å². The Morgan fingerprint density at radius 1 is 0.914 bits per heavy atom. The monoisotopic (exact) mass is 482 g/mol. The van der Waals surface area contributed by atoms with Crippen molar-refractivity contribution >= 4 is 5.91 Å². The van der Waals surface area contributed by atoms with E-state index < -0.39 is 0 Å². The minimum Gasteiger partial charge on any atom is -0.493 e. The molecule has 35 heavy (non-hydrogen) atoms. The van der Waals surface area contributed by atoms with Crippen molar-refractivity contribution < 1.29 is 23.4 Å². The Balaban J connectivity index is 1.45. The molecule has 0 spiro atoms. The summed E-state index contributed by atoms with van der Waals surface area (Å²) in [5.74, 6) is 1.51. The van der Waals surface area contributed by atoms with E-state index in [2.05, 4.69) is 10.00 Å². The van der Waals surface area contributed by atoms with Gasteiger partial charge < -0.3 is 19.1 Å². The molecule has 1 amide bonds. The second-order valence-electron chi connectivity index (χ2n) is 8.50. The quantitative estimate of drug-likeness (QED) is 0.513. The van der Waals surface area contributed by atoms with Gasteiger partial charge in [0.25, 0.3) is 5.91 Å². The summed E-state index contributed by atoms with van der Waals surface area (Å²) >= 11 is 0. The van der Waals surface area contributed by atoms with E-state index in [0.717, 1.165) is 30.0 Å². The Morgan fingerprint density at radius 3 is 2.17 bits per heavy atom. The highest BCUT2D eigenvalue weighted by Gasteiger charge is 2.28. The van der Waals surface area contributed by atoms with Crippen molar-refractivity contribution in [2.24, 2.45) is 0 Å². The van der Waals surface area contributed by atoms with E-state index in [1.165, 1.54) is 12.1 Å². The van der Waals surface area contributed by atoms with E-state index in [9.17, 15) is 9.18 Å². The zero-order chi connectivity index (χ0) is 25.1. The van der Waals surface area contributed by atoms with Gasteiger partial charge in [0.15, 0.2) is 11.5 Å². The SMILES string of the molecule is COc1ccc(CN2CCN(C(=O)c3c(C)nn(-c4ccc(F)cc4)c3C)CC2)c(OC)c1OC. The van der Waals surface area contributed by atoms with Crippen LogP contribution in [0.2, 0.25) is 0 Å². The van der Waals surface area contributed by atoms with Crippen LogP contribution in [0.5, 0.6) is 17.2 Å². The summed E-state index contributed by atoms with van der Waals surface area (Å²) in [6, 6.07) is 9.95. The van der Waals surface area contributed by atoms with Crippen molar-refractivity contribution in [3.8, 4) is 22.9 Å². The summed E-state index contributed by atoms with van der Waals surface area (Å²) in [4.78, 5) is 17.6. The first-order valence-electron chi connectivity index (χ1n) is 11.5. The Bertz CT molecular complexity index is 1200. The number of halogens is 1. The van der Waals surface area contributed by atoms with Crippen molar-refractivity contribution in [2.45, 2.75) is 20.4 Å². The zero-order valence-electron chi connectivity index (χ0n) is 20.8. The maximum absolute atomic E-state index is 13.4. The molecule has 1 aliphatic heterocycles. The van der Waals surface area contributed by atoms with Gasteiger partial charge in [0.05, 0.1) is 44.0 Å². The summed E-state index contributed by atoms with van der Waals surface area (Å²) in [7, 11) is 4.81. The predicted octanol–water partition coefficient (Wildman–Crippen LogP) is 3.61. The molecule has 0 radical (unpaired) electrons. The first-order valence-corrected chi connectivity index (χ1v) is 11.5. The van der Waals surface area contributed by atoms with Crippen LogP contribution in [0.15, 0.2) is 36.4 Å². The van der Waals surface area contributed by atoms with Gasteiger partial charge in [0.2, 0.25) is 5.75 Å². The lowest BCUT2D eigenvalue weighted by Gasteiger charge is -2.35. The molecular formula is C26H31FN4O4. The van der Waals surface area contributed by atoms with Gasteiger partial charge >= 0.3 is 0 Å². The lowest BCUT2D eigenvalue weighted by atomic mass is 10.1. The van der Waals surface area contributed by atoms with E-state index in [1.807, 2.05) is 30.9 Å². The number of carbonyl (C=O) groups is 1. The van der Waals surface area contributed by atoms with Crippen LogP contribution >= 0.6 is 0 Å². The molecule has 0 atom stereocenters. The van der Waals surface area contributed by atoms with Gasteiger partial charge in [-0.25, -0.2) is 9.07 Å². The number of carbonyl (C=O) groups excluding carboxylic acids is 1. The van der Waals surface area contributed by atoms with E-state index >= 15 is 0 Å². The van der Waals surface area contributed by atoms with Crippen molar-refractivity contribution in [3.63, 3.8) is 0 Å². The minimum absolute atomic E-state index is 0.0308. The molecule has 2 aromatic carbocycles. The molecule has 4 rings (SSSR count). The molecular weight excluding hydrogens is 451 g/mol. The van der Waals surface area contributed by atoms with Crippen LogP contribution in [0.1, 0.15) is 27.3 Å². The fraction of sp³-hybridized carbons (Fsp3) is 0.385. The fourth-order valence-electron chi connectivity index (χ4n) is 4.58. The van der Waals surface area contributed by atoms with Crippen LogP contribution in [0.25, 0.3) is 5.69 Å². The van der Waals surface area contributed by atoms with Gasteiger partial charge in [-0.3, -0.25) is 9.69 Å². The standard InChI is InChI=1S/C26H31FN4O4/c1-17-23(18(2)31(28-17)21-9-7-20(27)8-10-21)26(32)30-14-12-29(13-15-30)16-19-6-11-22(33-3)25(35-5)24(19)34-4/h6-11H,12-16H2,1-5H3. The molecule has 0 N–H and O–H groups in total. The molecule has 1 saturated heterocycles. The minimum atomic E-state index is -0.310. The summed E-state index contributed by atoms with van der Waals surface area (Å²) in [6.07, 6.45) is 0. The smallest absolute Gasteiger partial charge is 0.257 e. The molecule has 0 saturated carbocycles. The number of hydrogen-bond acceptors (Lipinski definition) is 6. The molecule has 9 heteroatoms. The third kappa shape index (κ3) is 4.81. The lowest BCUT2D eigenvalue weighted by molar-refractivity contribution is 0.0626. The summed E-state index contributed by atoms with van der Waals surface area (Å²) in [6.45, 7) is 7.05. The highest BCUT2D eigenvalue weighted by Crippen LogP contribution is 2.40. The number of piperazine rings is 1. The van der Waals surface area contributed by atoms with Crippen LogP contribution in [0.3, 0.4) is 0 Å². The highest BCUT2D eigenvalue weighted by atomic mass is 19.1. The fourth-order valence-corrected chi connectivity index (χ4v) is 4.58. The average molecular weight is 483 g/mol. The first kappa shape index (κ1) is 24.5. The van der Waals surface area contributed by atoms with Crippen molar-refractivity contribution in [1.29, 1.82) is 0 Å². The molecule has 8 nitrogen and oxygen atoms in total. The maximum Gasteiger partial charge on any atom is 0.257 e. The molecule has 1 aliphatic rings. The largest absolute Gasteiger partial charge is 0.493 e. The van der Waals surface area contributed by atoms with E-state index in [1.54, 1.807) is 38.1 Å². The third-order valence-corrected chi connectivity index (χ3v) is 6.42. The number of amides is 1. The average Bonchev–Trinajstić information content (AvgIpc) is 3.17. The number of methoxy groups -OCH3 is 3. The normalized spacial score (nSPS) is 14.2. The van der Waals surface area contributed by atoms with Crippen molar-refractivity contribution in [3.05, 3.63) is 64.7 Å². The van der Waals surface area contributed by atoms with Gasteiger partial charge in [-0.05, 0) is 44.2 Å². The van der Waals surface area contributed by atoms with Crippen LogP contribution < -0.4 is 14.2 Å². The number of rotatable bonds is 7. The van der Waals surface area contributed by atoms with Crippen molar-refractivity contribution in [2.75, 3.05) is 47.5 Å². The molecule has 1 fully saturated rings. The number of ether oxygens (including phenoxy) is 3. The Hall–Kier alpha value is -3.59. The number of benzene rings is 2. The molecule has 0 bridgehead atoms. The molecule has 0 unspecified atom stereocenters. The second-order valence-corrected chi connectivity index (χ2v) is 8.50. The summed E-state index contributed by atoms with van der Waals surface area (Å²) in [5, 5.41) is 4.55. The van der Waals surface area contributed by atoms with Gasteiger partial charge in [0, 0.05) is 38.3 Å². The highest BCUT2D eigenvalue weighted by molar-refractivity contribution is 5.96. The lowest BCUT2D eigenvalue weighted by Crippen LogP contribution is -2.48. The Morgan fingerprint density at radius 2 is 1.57 bits per heavy atom. The molecule has 1 aromatic heterocycles. The number of aromatic nitrogens is 2. The molecule has 0 aliphatic carbocycles. The molecule has 2 heterocycles. The van der Waals surface area contributed by atoms with Gasteiger partial charge in [-0.2, -0.15) is 5.10 Å². The topological polar surface area (TPSA) is 69.1 Å². The maximum atomic E-state index is 13.4. The van der Waals surface area contributed by atoms with Crippen LogP contribution in [-0.4, -0.2) is 73.0 Å².